The van der Waals surface area contributed by atoms with Gasteiger partial charge in [0.25, 0.3) is 0 Å². The van der Waals surface area contributed by atoms with Crippen LogP contribution in [0.2, 0.25) is 0 Å². The van der Waals surface area contributed by atoms with Gasteiger partial charge >= 0.3 is 0 Å². The maximum absolute atomic E-state index is 2.48. The van der Waals surface area contributed by atoms with Crippen LogP contribution in [-0.4, -0.2) is 41.2 Å². The van der Waals surface area contributed by atoms with E-state index in [1.165, 1.54) is 51.9 Å². The van der Waals surface area contributed by atoms with Crippen molar-refractivity contribution in [1.82, 2.24) is 8.01 Å². The summed E-state index contributed by atoms with van der Waals surface area (Å²) in [5, 5.41) is 0. The summed E-state index contributed by atoms with van der Waals surface area (Å²) in [6.45, 7) is 5.29. The third kappa shape index (κ3) is 2.83. The van der Waals surface area contributed by atoms with Gasteiger partial charge in [0.1, 0.15) is 0 Å². The molecule has 0 spiro atoms. The molecule has 2 aliphatic rings. The van der Waals surface area contributed by atoms with Crippen LogP contribution >= 0.6 is 22.9 Å². The average molecular weight is 308 g/mol. The first-order chi connectivity index (χ1) is 6.75. The van der Waals surface area contributed by atoms with Crippen molar-refractivity contribution in [2.45, 2.75) is 25.7 Å². The van der Waals surface area contributed by atoms with Crippen LogP contribution in [0.5, 0.6) is 0 Å². The van der Waals surface area contributed by atoms with E-state index in [0.29, 0.717) is 0 Å². The second kappa shape index (κ2) is 5.12. The van der Waals surface area contributed by atoms with Crippen molar-refractivity contribution in [3.05, 3.63) is 0 Å². The highest BCUT2D eigenvalue weighted by molar-refractivity contribution is 14.1. The number of piperidine rings is 2. The first-order valence-corrected chi connectivity index (χ1v) is 6.81. The normalized spacial score (nSPS) is 29.6. The molecule has 0 aromatic carbocycles. The topological polar surface area (TPSA) is 6.48 Å². The lowest BCUT2D eigenvalue weighted by atomic mass is 9.79. The van der Waals surface area contributed by atoms with Crippen molar-refractivity contribution < 1.29 is 0 Å². The minimum Gasteiger partial charge on any atom is -0.306 e. The van der Waals surface area contributed by atoms with Gasteiger partial charge in [-0.25, -0.2) is 3.11 Å². The molecule has 3 heteroatoms. The van der Waals surface area contributed by atoms with Gasteiger partial charge in [-0.15, -0.1) is 0 Å². The first kappa shape index (κ1) is 11.1. The van der Waals surface area contributed by atoms with E-state index >= 15 is 0 Å². The summed E-state index contributed by atoms with van der Waals surface area (Å²) in [4.78, 5) is 2.48. The van der Waals surface area contributed by atoms with Crippen LogP contribution in [0.1, 0.15) is 25.7 Å². The Labute approximate surface area is 102 Å². The SMILES string of the molecule is CN1CCC(C2CCN(I)CC2)CC1. The highest BCUT2D eigenvalue weighted by Crippen LogP contribution is 2.32. The van der Waals surface area contributed by atoms with E-state index in [0.717, 1.165) is 11.8 Å². The molecule has 2 rings (SSSR count). The molecular formula is C11H21IN2. The van der Waals surface area contributed by atoms with E-state index in [2.05, 4.69) is 37.9 Å². The van der Waals surface area contributed by atoms with Crippen LogP contribution in [-0.2, 0) is 0 Å². The van der Waals surface area contributed by atoms with Gasteiger partial charge in [0.15, 0.2) is 0 Å². The second-order valence-electron chi connectivity index (χ2n) is 4.89. The van der Waals surface area contributed by atoms with Crippen LogP contribution in [0.3, 0.4) is 0 Å². The highest BCUT2D eigenvalue weighted by Gasteiger charge is 2.27. The molecule has 0 aromatic rings. The van der Waals surface area contributed by atoms with Crippen LogP contribution in [0.15, 0.2) is 0 Å². The van der Waals surface area contributed by atoms with E-state index in [9.17, 15) is 0 Å². The van der Waals surface area contributed by atoms with Crippen LogP contribution in [0, 0.1) is 11.8 Å². The fourth-order valence-corrected chi connectivity index (χ4v) is 3.40. The summed E-state index contributed by atoms with van der Waals surface area (Å²) >= 11 is 2.47. The van der Waals surface area contributed by atoms with Crippen LogP contribution < -0.4 is 0 Å². The number of hydrogen-bond acceptors (Lipinski definition) is 2. The molecule has 0 atom stereocenters. The molecule has 0 bridgehead atoms. The average Bonchev–Trinajstić information content (AvgIpc) is 2.21. The lowest BCUT2D eigenvalue weighted by Gasteiger charge is -2.37. The Kier molecular flexibility index (Phi) is 4.08. The van der Waals surface area contributed by atoms with Gasteiger partial charge in [0.05, 0.1) is 0 Å². The molecule has 0 unspecified atom stereocenters. The van der Waals surface area contributed by atoms with Gasteiger partial charge in [-0.2, -0.15) is 0 Å². The van der Waals surface area contributed by atoms with Crippen molar-refractivity contribution in [3.8, 4) is 0 Å². The number of nitrogens with zero attached hydrogens (tertiary/aromatic N) is 2. The highest BCUT2D eigenvalue weighted by atomic mass is 127. The van der Waals surface area contributed by atoms with Crippen molar-refractivity contribution in [3.63, 3.8) is 0 Å². The third-order valence-corrected chi connectivity index (χ3v) is 4.88. The summed E-state index contributed by atoms with van der Waals surface area (Å²) in [7, 11) is 2.25. The monoisotopic (exact) mass is 308 g/mol. The lowest BCUT2D eigenvalue weighted by Crippen LogP contribution is -2.37. The molecule has 2 fully saturated rings. The van der Waals surface area contributed by atoms with Crippen LogP contribution in [0.4, 0.5) is 0 Å². The molecule has 82 valence electrons. The van der Waals surface area contributed by atoms with Gasteiger partial charge in [0.2, 0.25) is 0 Å². The molecule has 2 nitrogen and oxygen atoms in total. The Bertz CT molecular complexity index is 150. The smallest absolute Gasteiger partial charge is 0.0201 e. The summed E-state index contributed by atoms with van der Waals surface area (Å²) in [5.41, 5.74) is 0. The zero-order valence-corrected chi connectivity index (χ0v) is 11.2. The Morgan fingerprint density at radius 2 is 1.29 bits per heavy atom. The summed E-state index contributed by atoms with van der Waals surface area (Å²) in [6, 6.07) is 0. The summed E-state index contributed by atoms with van der Waals surface area (Å²) in [6.07, 6.45) is 5.78. The van der Waals surface area contributed by atoms with Crippen LogP contribution in [0.25, 0.3) is 0 Å². The van der Waals surface area contributed by atoms with Crippen molar-refractivity contribution in [2.75, 3.05) is 33.2 Å². The maximum atomic E-state index is 2.48. The standard InChI is InChI=1S/C11H21IN2/c1-13-6-2-10(3-7-13)11-4-8-14(12)9-5-11/h10-11H,2-9H2,1H3. The van der Waals surface area contributed by atoms with E-state index in [1.807, 2.05) is 0 Å². The summed E-state index contributed by atoms with van der Waals surface area (Å²) < 4.78 is 2.45. The quantitative estimate of drug-likeness (QED) is 0.542. The molecule has 14 heavy (non-hydrogen) atoms. The molecule has 0 amide bonds. The Morgan fingerprint density at radius 3 is 1.79 bits per heavy atom. The molecule has 2 heterocycles. The van der Waals surface area contributed by atoms with Gasteiger partial charge < -0.3 is 4.90 Å². The van der Waals surface area contributed by atoms with Gasteiger partial charge in [-0.3, -0.25) is 0 Å². The fourth-order valence-electron chi connectivity index (χ4n) is 2.84. The van der Waals surface area contributed by atoms with Crippen molar-refractivity contribution >= 4 is 22.9 Å². The number of likely N-dealkylation sites (tertiary alicyclic amines) is 1. The zero-order valence-electron chi connectivity index (χ0n) is 9.08. The molecule has 0 N–H and O–H groups in total. The largest absolute Gasteiger partial charge is 0.306 e. The van der Waals surface area contributed by atoms with E-state index < -0.39 is 0 Å². The number of rotatable bonds is 1. The maximum Gasteiger partial charge on any atom is 0.0201 e. The van der Waals surface area contributed by atoms with Gasteiger partial charge in [0, 0.05) is 36.0 Å². The molecule has 0 aliphatic carbocycles. The predicted octanol–water partition coefficient (Wildman–Crippen LogP) is 2.39. The predicted molar refractivity (Wildman–Crippen MR) is 68.5 cm³/mol. The zero-order chi connectivity index (χ0) is 9.97. The second-order valence-corrected chi connectivity index (χ2v) is 6.25. The van der Waals surface area contributed by atoms with Gasteiger partial charge in [-0.05, 0) is 57.7 Å². The Balaban J connectivity index is 1.78. The minimum atomic E-state index is 1.04. The molecule has 0 radical (unpaired) electrons. The lowest BCUT2D eigenvalue weighted by molar-refractivity contribution is 0.138. The number of halogens is 1. The number of hydrogen-bond donors (Lipinski definition) is 0. The van der Waals surface area contributed by atoms with E-state index in [4.69, 9.17) is 0 Å². The first-order valence-electron chi connectivity index (χ1n) is 5.85. The van der Waals surface area contributed by atoms with Crippen molar-refractivity contribution in [2.24, 2.45) is 11.8 Å². The third-order valence-electron chi connectivity index (χ3n) is 3.91. The Hall–Kier alpha value is 0.650. The fraction of sp³-hybridized carbons (Fsp3) is 1.00. The molecule has 0 saturated carbocycles. The Morgan fingerprint density at radius 1 is 0.857 bits per heavy atom. The molecule has 0 aromatic heterocycles. The molecular weight excluding hydrogens is 287 g/mol. The van der Waals surface area contributed by atoms with E-state index in [-0.39, 0.29) is 0 Å². The summed E-state index contributed by atoms with van der Waals surface area (Å²) in [5.74, 6) is 2.08. The van der Waals surface area contributed by atoms with Crippen molar-refractivity contribution in [1.29, 1.82) is 0 Å². The minimum absolute atomic E-state index is 1.04. The van der Waals surface area contributed by atoms with E-state index in [1.54, 1.807) is 0 Å². The molecule has 2 saturated heterocycles. The molecule has 2 aliphatic heterocycles. The van der Waals surface area contributed by atoms with Gasteiger partial charge in [-0.1, -0.05) is 0 Å².